The van der Waals surface area contributed by atoms with Crippen molar-refractivity contribution < 1.29 is 13.9 Å². The molecule has 1 aliphatic heterocycles. The Hall–Kier alpha value is -0.510. The molecular weight excluding hydrogens is 173 g/mol. The number of rotatable bonds is 0. The molecule has 0 saturated carbocycles. The second-order valence-electron chi connectivity index (χ2n) is 2.30. The summed E-state index contributed by atoms with van der Waals surface area (Å²) in [6.45, 7) is 0.667. The molecule has 1 amide bonds. The minimum atomic E-state index is -0.862. The van der Waals surface area contributed by atoms with Gasteiger partial charge in [0.15, 0.2) is 0 Å². The second kappa shape index (κ2) is 4.38. The summed E-state index contributed by atoms with van der Waals surface area (Å²) in [4.78, 5) is 12.1. The highest BCUT2D eigenvalue weighted by Crippen LogP contribution is 2.12. The van der Waals surface area contributed by atoms with Crippen LogP contribution in [0.2, 0.25) is 0 Å². The molecule has 1 heterocycles. The summed E-state index contributed by atoms with van der Waals surface area (Å²) >= 11 is 0. The number of hydrogen-bond donors (Lipinski definition) is 0. The summed E-state index contributed by atoms with van der Waals surface area (Å²) in [6, 6.07) is 0. The van der Waals surface area contributed by atoms with Crippen LogP contribution in [-0.4, -0.2) is 37.4 Å². The Morgan fingerprint density at radius 3 is 2.73 bits per heavy atom. The lowest BCUT2D eigenvalue weighted by Crippen LogP contribution is -2.28. The van der Waals surface area contributed by atoms with Crippen molar-refractivity contribution in [1.29, 1.82) is 0 Å². The molecule has 0 N–H and O–H groups in total. The number of ether oxygens (including phenoxy) is 1. The maximum absolute atomic E-state index is 12.4. The van der Waals surface area contributed by atoms with Gasteiger partial charge in [0.2, 0.25) is 0 Å². The summed E-state index contributed by atoms with van der Waals surface area (Å²) in [5.74, 6) is 0. The lowest BCUT2D eigenvalue weighted by atomic mass is 10.3. The Kier molecular flexibility index (Phi) is 4.18. The monoisotopic (exact) mass is 183 g/mol. The predicted octanol–water partition coefficient (Wildman–Crippen LogP) is 1.22. The highest BCUT2D eigenvalue weighted by atomic mass is 35.5. The molecule has 0 bridgehead atoms. The third-order valence-electron chi connectivity index (χ3n) is 1.56. The maximum Gasteiger partial charge on any atom is 0.409 e. The van der Waals surface area contributed by atoms with Gasteiger partial charge in [-0.1, -0.05) is 0 Å². The number of nitrogens with zero attached hydrogens (tertiary/aromatic N) is 1. The van der Waals surface area contributed by atoms with Crippen LogP contribution in [0.15, 0.2) is 0 Å². The molecule has 1 unspecified atom stereocenters. The number of carbonyl (C=O) groups excluding carboxylic acids is 1. The number of likely N-dealkylation sites (tertiary alicyclic amines) is 1. The predicted molar refractivity (Wildman–Crippen MR) is 40.7 cm³/mol. The molecule has 1 rings (SSSR count). The molecule has 3 nitrogen and oxygen atoms in total. The summed E-state index contributed by atoms with van der Waals surface area (Å²) in [5, 5.41) is 0. The van der Waals surface area contributed by atoms with Crippen LogP contribution in [0, 0.1) is 0 Å². The normalized spacial score (nSPS) is 22.7. The Bertz CT molecular complexity index is 145. The van der Waals surface area contributed by atoms with Crippen molar-refractivity contribution in [2.45, 2.75) is 12.6 Å². The first-order valence-corrected chi connectivity index (χ1v) is 3.21. The highest BCUT2D eigenvalue weighted by Gasteiger charge is 2.25. The summed E-state index contributed by atoms with van der Waals surface area (Å²) in [6.07, 6.45) is -0.853. The molecule has 1 aliphatic rings. The van der Waals surface area contributed by atoms with E-state index in [-0.39, 0.29) is 19.0 Å². The van der Waals surface area contributed by atoms with E-state index in [1.807, 2.05) is 0 Å². The van der Waals surface area contributed by atoms with Gasteiger partial charge in [-0.25, -0.2) is 9.18 Å². The first-order chi connectivity index (χ1) is 4.74. The van der Waals surface area contributed by atoms with Crippen LogP contribution in [0.3, 0.4) is 0 Å². The van der Waals surface area contributed by atoms with Gasteiger partial charge in [-0.05, 0) is 6.42 Å². The van der Waals surface area contributed by atoms with Gasteiger partial charge < -0.3 is 9.64 Å². The fourth-order valence-electron chi connectivity index (χ4n) is 1.01. The molecule has 66 valence electrons. The van der Waals surface area contributed by atoms with E-state index >= 15 is 0 Å². The molecule has 1 fully saturated rings. The van der Waals surface area contributed by atoms with Crippen molar-refractivity contribution in [3.8, 4) is 0 Å². The van der Waals surface area contributed by atoms with Crippen molar-refractivity contribution in [2.24, 2.45) is 0 Å². The Labute approximate surface area is 70.9 Å². The van der Waals surface area contributed by atoms with Crippen LogP contribution in [0.1, 0.15) is 6.42 Å². The van der Waals surface area contributed by atoms with Gasteiger partial charge in [-0.3, -0.25) is 0 Å². The number of alkyl halides is 1. The molecule has 11 heavy (non-hydrogen) atoms. The first-order valence-electron chi connectivity index (χ1n) is 3.21. The quantitative estimate of drug-likeness (QED) is 0.565. The van der Waals surface area contributed by atoms with Crippen LogP contribution in [0.4, 0.5) is 9.18 Å². The Morgan fingerprint density at radius 2 is 2.36 bits per heavy atom. The number of hydrogen-bond acceptors (Lipinski definition) is 2. The lowest BCUT2D eigenvalue weighted by Gasteiger charge is -2.11. The van der Waals surface area contributed by atoms with Crippen LogP contribution < -0.4 is 0 Å². The Morgan fingerprint density at radius 1 is 1.73 bits per heavy atom. The molecule has 0 aromatic rings. The topological polar surface area (TPSA) is 29.5 Å². The molecule has 0 aliphatic carbocycles. The zero-order valence-electron chi connectivity index (χ0n) is 6.25. The third kappa shape index (κ3) is 2.54. The van der Waals surface area contributed by atoms with E-state index in [0.717, 1.165) is 0 Å². The van der Waals surface area contributed by atoms with E-state index in [0.29, 0.717) is 13.0 Å². The number of methoxy groups -OCH3 is 1. The summed E-state index contributed by atoms with van der Waals surface area (Å²) in [5.41, 5.74) is 0. The molecule has 0 radical (unpaired) electrons. The SMILES string of the molecule is COC(=O)N1CCC(F)C1.Cl. The Balaban J connectivity index is 0.000001000. The van der Waals surface area contributed by atoms with E-state index in [1.165, 1.54) is 12.0 Å². The van der Waals surface area contributed by atoms with E-state index in [2.05, 4.69) is 4.74 Å². The molecule has 1 saturated heterocycles. The first kappa shape index (κ1) is 10.5. The van der Waals surface area contributed by atoms with E-state index in [9.17, 15) is 9.18 Å². The van der Waals surface area contributed by atoms with E-state index in [1.54, 1.807) is 0 Å². The van der Waals surface area contributed by atoms with Crippen LogP contribution >= 0.6 is 12.4 Å². The average molecular weight is 184 g/mol. The van der Waals surface area contributed by atoms with Gasteiger partial charge >= 0.3 is 6.09 Å². The number of halogens is 2. The minimum absolute atomic E-state index is 0. The smallest absolute Gasteiger partial charge is 0.409 e. The van der Waals surface area contributed by atoms with Gasteiger partial charge in [0.25, 0.3) is 0 Å². The lowest BCUT2D eigenvalue weighted by molar-refractivity contribution is 0.130. The van der Waals surface area contributed by atoms with Gasteiger partial charge in [0, 0.05) is 6.54 Å². The van der Waals surface area contributed by atoms with Crippen LogP contribution in [0.25, 0.3) is 0 Å². The van der Waals surface area contributed by atoms with E-state index in [4.69, 9.17) is 0 Å². The van der Waals surface area contributed by atoms with Gasteiger partial charge in [-0.2, -0.15) is 0 Å². The molecule has 0 spiro atoms. The highest BCUT2D eigenvalue weighted by molar-refractivity contribution is 5.85. The standard InChI is InChI=1S/C6H10FNO2.ClH/c1-10-6(9)8-3-2-5(7)4-8;/h5H,2-4H2,1H3;1H. The fourth-order valence-corrected chi connectivity index (χ4v) is 1.01. The number of carbonyl (C=O) groups is 1. The molecule has 0 aromatic heterocycles. The van der Waals surface area contributed by atoms with Gasteiger partial charge in [-0.15, -0.1) is 12.4 Å². The van der Waals surface area contributed by atoms with Crippen LogP contribution in [-0.2, 0) is 4.74 Å². The molecule has 5 heteroatoms. The van der Waals surface area contributed by atoms with Crippen molar-refractivity contribution in [3.05, 3.63) is 0 Å². The van der Waals surface area contributed by atoms with Crippen molar-refractivity contribution in [1.82, 2.24) is 4.90 Å². The molecular formula is C6H11ClFNO2. The van der Waals surface area contributed by atoms with Crippen LogP contribution in [0.5, 0.6) is 0 Å². The summed E-state index contributed by atoms with van der Waals surface area (Å²) in [7, 11) is 1.30. The van der Waals surface area contributed by atoms with Gasteiger partial charge in [0.1, 0.15) is 6.17 Å². The zero-order valence-corrected chi connectivity index (χ0v) is 7.07. The maximum atomic E-state index is 12.4. The average Bonchev–Trinajstić information content (AvgIpc) is 2.34. The zero-order chi connectivity index (χ0) is 7.56. The number of amides is 1. The fraction of sp³-hybridized carbons (Fsp3) is 0.833. The van der Waals surface area contributed by atoms with Crippen molar-refractivity contribution in [3.63, 3.8) is 0 Å². The summed E-state index contributed by atoms with van der Waals surface area (Å²) < 4.78 is 16.8. The van der Waals surface area contributed by atoms with Crippen molar-refractivity contribution >= 4 is 18.5 Å². The largest absolute Gasteiger partial charge is 0.453 e. The molecule has 0 aromatic carbocycles. The van der Waals surface area contributed by atoms with Gasteiger partial charge in [0.05, 0.1) is 13.7 Å². The second-order valence-corrected chi connectivity index (χ2v) is 2.30. The third-order valence-corrected chi connectivity index (χ3v) is 1.56. The molecule has 1 atom stereocenters. The minimum Gasteiger partial charge on any atom is -0.453 e. The van der Waals surface area contributed by atoms with E-state index < -0.39 is 12.3 Å². The van der Waals surface area contributed by atoms with Crippen molar-refractivity contribution in [2.75, 3.05) is 20.2 Å².